The fourth-order valence-corrected chi connectivity index (χ4v) is 2.59. The highest BCUT2D eigenvalue weighted by molar-refractivity contribution is 5.45. The highest BCUT2D eigenvalue weighted by Gasteiger charge is 2.14. The molecule has 1 saturated heterocycles. The minimum Gasteiger partial charge on any atom is -0.385 e. The third kappa shape index (κ3) is 4.06. The quantitative estimate of drug-likeness (QED) is 0.884. The topological polar surface area (TPSA) is 33.3 Å². The Balaban J connectivity index is 1.50. The smallest absolute Gasteiger partial charge is 0.0949 e. The molecule has 0 spiro atoms. The van der Waals surface area contributed by atoms with Gasteiger partial charge in [0.1, 0.15) is 0 Å². The van der Waals surface area contributed by atoms with Crippen LogP contribution < -0.4 is 10.6 Å². The Kier molecular flexibility index (Phi) is 4.87. The zero-order chi connectivity index (χ0) is 14.3. The van der Waals surface area contributed by atoms with Crippen LogP contribution in [-0.2, 0) is 11.2 Å². The standard InChI is InChI=1S/C18H22N2O/c1-2-4-15(5-3-1)10-11-20-17-8-6-16(7-9-17)18-14-19-12-13-21-18/h1-9,18-20H,10-14H2/t18-/m1/s1. The van der Waals surface area contributed by atoms with E-state index >= 15 is 0 Å². The van der Waals surface area contributed by atoms with Gasteiger partial charge in [-0.3, -0.25) is 0 Å². The lowest BCUT2D eigenvalue weighted by Crippen LogP contribution is -2.33. The molecule has 0 aliphatic carbocycles. The van der Waals surface area contributed by atoms with Crippen molar-refractivity contribution >= 4 is 5.69 Å². The Bertz CT molecular complexity index is 533. The van der Waals surface area contributed by atoms with E-state index in [0.717, 1.165) is 32.7 Å². The number of nitrogens with one attached hydrogen (secondary N) is 2. The van der Waals surface area contributed by atoms with E-state index in [1.54, 1.807) is 0 Å². The second kappa shape index (κ2) is 7.25. The van der Waals surface area contributed by atoms with Gasteiger partial charge in [-0.25, -0.2) is 0 Å². The van der Waals surface area contributed by atoms with Crippen LogP contribution in [0.1, 0.15) is 17.2 Å². The normalized spacial score (nSPS) is 18.4. The first-order chi connectivity index (χ1) is 10.4. The lowest BCUT2D eigenvalue weighted by atomic mass is 10.1. The van der Waals surface area contributed by atoms with E-state index in [4.69, 9.17) is 4.74 Å². The lowest BCUT2D eigenvalue weighted by molar-refractivity contribution is 0.0277. The largest absolute Gasteiger partial charge is 0.385 e. The highest BCUT2D eigenvalue weighted by atomic mass is 16.5. The van der Waals surface area contributed by atoms with Crippen molar-refractivity contribution in [1.29, 1.82) is 0 Å². The van der Waals surface area contributed by atoms with Gasteiger partial charge in [-0.2, -0.15) is 0 Å². The summed E-state index contributed by atoms with van der Waals surface area (Å²) >= 11 is 0. The molecule has 1 aliphatic rings. The SMILES string of the molecule is c1ccc(CCNc2ccc([C@H]3CNCCO3)cc2)cc1. The van der Waals surface area contributed by atoms with Crippen molar-refractivity contribution < 1.29 is 4.74 Å². The number of ether oxygens (including phenoxy) is 1. The molecule has 2 aromatic carbocycles. The van der Waals surface area contributed by atoms with Gasteiger partial charge >= 0.3 is 0 Å². The number of hydrogen-bond acceptors (Lipinski definition) is 3. The summed E-state index contributed by atoms with van der Waals surface area (Å²) in [6.07, 6.45) is 1.23. The number of rotatable bonds is 5. The van der Waals surface area contributed by atoms with Crippen LogP contribution in [0.5, 0.6) is 0 Å². The van der Waals surface area contributed by atoms with E-state index in [2.05, 4.69) is 65.2 Å². The van der Waals surface area contributed by atoms with E-state index in [-0.39, 0.29) is 6.10 Å². The Morgan fingerprint density at radius 1 is 1.05 bits per heavy atom. The Morgan fingerprint density at radius 2 is 1.86 bits per heavy atom. The van der Waals surface area contributed by atoms with E-state index in [9.17, 15) is 0 Å². The molecule has 0 unspecified atom stereocenters. The molecule has 0 amide bonds. The fraction of sp³-hybridized carbons (Fsp3) is 0.333. The number of hydrogen-bond donors (Lipinski definition) is 2. The highest BCUT2D eigenvalue weighted by Crippen LogP contribution is 2.20. The van der Waals surface area contributed by atoms with Gasteiger partial charge in [0.2, 0.25) is 0 Å². The predicted molar refractivity (Wildman–Crippen MR) is 86.6 cm³/mol. The van der Waals surface area contributed by atoms with E-state index in [1.165, 1.54) is 16.8 Å². The second-order valence-electron chi connectivity index (χ2n) is 5.35. The fourth-order valence-electron chi connectivity index (χ4n) is 2.59. The maximum Gasteiger partial charge on any atom is 0.0949 e. The molecule has 1 heterocycles. The first-order valence-electron chi connectivity index (χ1n) is 7.62. The number of morpholine rings is 1. The van der Waals surface area contributed by atoms with Crippen molar-refractivity contribution in [1.82, 2.24) is 5.32 Å². The van der Waals surface area contributed by atoms with Crippen LogP contribution >= 0.6 is 0 Å². The van der Waals surface area contributed by atoms with Gasteiger partial charge in [0.05, 0.1) is 12.7 Å². The second-order valence-corrected chi connectivity index (χ2v) is 5.35. The van der Waals surface area contributed by atoms with Crippen molar-refractivity contribution in [3.8, 4) is 0 Å². The van der Waals surface area contributed by atoms with Crippen molar-refractivity contribution in [3.05, 3.63) is 65.7 Å². The molecule has 2 aromatic rings. The summed E-state index contributed by atoms with van der Waals surface area (Å²) in [6.45, 7) is 3.60. The first-order valence-corrected chi connectivity index (χ1v) is 7.62. The third-order valence-electron chi connectivity index (χ3n) is 3.80. The van der Waals surface area contributed by atoms with Gasteiger partial charge in [-0.05, 0) is 29.7 Å². The molecule has 0 radical (unpaired) electrons. The molecule has 1 atom stereocenters. The first kappa shape index (κ1) is 14.1. The van der Waals surface area contributed by atoms with E-state index in [0.29, 0.717) is 0 Å². The van der Waals surface area contributed by atoms with Crippen LogP contribution in [0.25, 0.3) is 0 Å². The molecule has 0 bridgehead atoms. The minimum absolute atomic E-state index is 0.192. The van der Waals surface area contributed by atoms with Gasteiger partial charge in [-0.1, -0.05) is 42.5 Å². The van der Waals surface area contributed by atoms with Crippen molar-refractivity contribution in [2.45, 2.75) is 12.5 Å². The van der Waals surface area contributed by atoms with E-state index in [1.807, 2.05) is 0 Å². The van der Waals surface area contributed by atoms with Gasteiger partial charge in [0, 0.05) is 25.3 Å². The van der Waals surface area contributed by atoms with Crippen molar-refractivity contribution in [3.63, 3.8) is 0 Å². The van der Waals surface area contributed by atoms with Gasteiger partial charge < -0.3 is 15.4 Å². The van der Waals surface area contributed by atoms with Crippen LogP contribution in [0.3, 0.4) is 0 Å². The predicted octanol–water partition coefficient (Wildman–Crippen LogP) is 3.00. The molecular formula is C18H22N2O. The van der Waals surface area contributed by atoms with Crippen molar-refractivity contribution in [2.24, 2.45) is 0 Å². The average Bonchev–Trinajstić information content (AvgIpc) is 2.57. The van der Waals surface area contributed by atoms with Crippen LogP contribution in [0.15, 0.2) is 54.6 Å². The summed E-state index contributed by atoms with van der Waals surface area (Å²) in [4.78, 5) is 0. The van der Waals surface area contributed by atoms with Gasteiger partial charge in [0.15, 0.2) is 0 Å². The van der Waals surface area contributed by atoms with E-state index < -0.39 is 0 Å². The summed E-state index contributed by atoms with van der Waals surface area (Å²) < 4.78 is 5.76. The average molecular weight is 282 g/mol. The molecule has 0 aromatic heterocycles. The molecule has 1 aliphatic heterocycles. The minimum atomic E-state index is 0.192. The summed E-state index contributed by atoms with van der Waals surface area (Å²) in [5, 5.41) is 6.83. The zero-order valence-corrected chi connectivity index (χ0v) is 12.2. The molecule has 3 nitrogen and oxygen atoms in total. The molecule has 3 rings (SSSR count). The lowest BCUT2D eigenvalue weighted by Gasteiger charge is -2.24. The molecule has 21 heavy (non-hydrogen) atoms. The van der Waals surface area contributed by atoms with Crippen LogP contribution in [0.2, 0.25) is 0 Å². The Labute approximate surface area is 126 Å². The molecule has 3 heteroatoms. The van der Waals surface area contributed by atoms with Gasteiger partial charge in [-0.15, -0.1) is 0 Å². The molecule has 0 saturated carbocycles. The maximum atomic E-state index is 5.76. The van der Waals surface area contributed by atoms with Gasteiger partial charge in [0.25, 0.3) is 0 Å². The number of anilines is 1. The summed E-state index contributed by atoms with van der Waals surface area (Å²) in [5.74, 6) is 0. The summed E-state index contributed by atoms with van der Waals surface area (Å²) in [6, 6.07) is 19.1. The molecule has 2 N–H and O–H groups in total. The molecule has 1 fully saturated rings. The van der Waals surface area contributed by atoms with Crippen molar-refractivity contribution in [2.75, 3.05) is 31.6 Å². The summed E-state index contributed by atoms with van der Waals surface area (Å²) in [7, 11) is 0. The zero-order valence-electron chi connectivity index (χ0n) is 12.2. The Morgan fingerprint density at radius 3 is 2.57 bits per heavy atom. The molecular weight excluding hydrogens is 260 g/mol. The van der Waals surface area contributed by atoms with Crippen LogP contribution in [0, 0.1) is 0 Å². The summed E-state index contributed by atoms with van der Waals surface area (Å²) in [5.41, 5.74) is 3.78. The maximum absolute atomic E-state index is 5.76. The van der Waals surface area contributed by atoms with Crippen LogP contribution in [-0.4, -0.2) is 26.2 Å². The Hall–Kier alpha value is -1.84. The number of benzene rings is 2. The molecule has 110 valence electrons. The van der Waals surface area contributed by atoms with Crippen LogP contribution in [0.4, 0.5) is 5.69 Å². The monoisotopic (exact) mass is 282 g/mol. The third-order valence-corrected chi connectivity index (χ3v) is 3.80.